The first kappa shape index (κ1) is 17.7. The van der Waals surface area contributed by atoms with Crippen LogP contribution in [0.5, 0.6) is 0 Å². The minimum atomic E-state index is -1.44. The second-order valence-electron chi connectivity index (χ2n) is 6.24. The monoisotopic (exact) mass is 301 g/mol. The van der Waals surface area contributed by atoms with Crippen molar-refractivity contribution < 1.29 is 19.8 Å². The van der Waals surface area contributed by atoms with Gasteiger partial charge in [0.2, 0.25) is 0 Å². The number of aliphatic carboxylic acids is 1. The number of carboxylic acid groups (broad SMARTS) is 1. The van der Waals surface area contributed by atoms with Gasteiger partial charge in [-0.1, -0.05) is 6.92 Å². The molecule has 2 atom stereocenters. The molecule has 1 saturated heterocycles. The first-order chi connectivity index (χ1) is 9.78. The molecule has 0 radical (unpaired) electrons. The van der Waals surface area contributed by atoms with Crippen LogP contribution in [0.4, 0.5) is 4.79 Å². The van der Waals surface area contributed by atoms with Crippen molar-refractivity contribution >= 4 is 12.0 Å². The minimum Gasteiger partial charge on any atom is -0.481 e. The highest BCUT2D eigenvalue weighted by Gasteiger charge is 2.24. The molecule has 1 fully saturated rings. The van der Waals surface area contributed by atoms with Gasteiger partial charge in [-0.3, -0.25) is 4.79 Å². The second kappa shape index (κ2) is 8.19. The molecule has 0 bridgehead atoms. The number of nitrogens with one attached hydrogen (secondary N) is 2. The average Bonchev–Trinajstić information content (AvgIpc) is 2.85. The fraction of sp³-hybridized carbons (Fsp3) is 0.857. The maximum Gasteiger partial charge on any atom is 0.314 e. The fourth-order valence-electron chi connectivity index (χ4n) is 2.46. The van der Waals surface area contributed by atoms with Crippen molar-refractivity contribution in [3.8, 4) is 0 Å². The number of carbonyl (C=O) groups is 2. The van der Waals surface area contributed by atoms with Crippen LogP contribution in [0.1, 0.15) is 33.1 Å². The summed E-state index contributed by atoms with van der Waals surface area (Å²) < 4.78 is 0. The molecule has 1 aliphatic heterocycles. The Balaban J connectivity index is 2.16. The number of hydrogen-bond donors (Lipinski definition) is 4. The molecule has 0 aromatic rings. The van der Waals surface area contributed by atoms with Crippen LogP contribution < -0.4 is 10.6 Å². The molecule has 1 rings (SSSR count). The molecule has 0 aromatic carbocycles. The van der Waals surface area contributed by atoms with Gasteiger partial charge >= 0.3 is 12.0 Å². The second-order valence-corrected chi connectivity index (χ2v) is 6.24. The van der Waals surface area contributed by atoms with Crippen LogP contribution in [0.3, 0.4) is 0 Å². The number of hydrogen-bond acceptors (Lipinski definition) is 4. The molecule has 21 heavy (non-hydrogen) atoms. The Kier molecular flexibility index (Phi) is 6.91. The Morgan fingerprint density at radius 1 is 1.29 bits per heavy atom. The third-order valence-corrected chi connectivity index (χ3v) is 3.54. The molecule has 1 heterocycles. The summed E-state index contributed by atoms with van der Waals surface area (Å²) in [5, 5.41) is 23.7. The molecule has 1 aliphatic rings. The van der Waals surface area contributed by atoms with E-state index in [2.05, 4.69) is 22.5 Å². The number of likely N-dealkylation sites (tertiary alicyclic amines) is 1. The molecule has 7 heteroatoms. The summed E-state index contributed by atoms with van der Waals surface area (Å²) >= 11 is 0. The van der Waals surface area contributed by atoms with Crippen LogP contribution in [0.2, 0.25) is 0 Å². The molecule has 0 aliphatic carbocycles. The summed E-state index contributed by atoms with van der Waals surface area (Å²) in [7, 11) is 0. The van der Waals surface area contributed by atoms with E-state index in [9.17, 15) is 14.7 Å². The van der Waals surface area contributed by atoms with Crippen LogP contribution in [-0.4, -0.2) is 65.4 Å². The molecule has 0 aromatic heterocycles. The lowest BCUT2D eigenvalue weighted by molar-refractivity contribution is -0.141. The van der Waals surface area contributed by atoms with Crippen LogP contribution in [-0.2, 0) is 4.79 Å². The molecule has 4 N–H and O–H groups in total. The summed E-state index contributed by atoms with van der Waals surface area (Å²) in [6.45, 7) is 7.17. The SMILES string of the molecule is CC(CNC(=O)NCC(C)(O)CC(=O)O)CN1CCCC1. The highest BCUT2D eigenvalue weighted by Crippen LogP contribution is 2.10. The third-order valence-electron chi connectivity index (χ3n) is 3.54. The molecular formula is C14H27N3O4. The van der Waals surface area contributed by atoms with Gasteiger partial charge in [-0.25, -0.2) is 4.79 Å². The lowest BCUT2D eigenvalue weighted by Gasteiger charge is -2.23. The summed E-state index contributed by atoms with van der Waals surface area (Å²) in [5.74, 6) is -0.741. The maximum absolute atomic E-state index is 11.6. The van der Waals surface area contributed by atoms with Gasteiger partial charge in [0.1, 0.15) is 0 Å². The van der Waals surface area contributed by atoms with Gasteiger partial charge < -0.3 is 25.7 Å². The molecule has 7 nitrogen and oxygen atoms in total. The van der Waals surface area contributed by atoms with Crippen molar-refractivity contribution in [2.75, 3.05) is 32.7 Å². The summed E-state index contributed by atoms with van der Waals surface area (Å²) in [6, 6.07) is -0.381. The zero-order valence-corrected chi connectivity index (χ0v) is 12.9. The van der Waals surface area contributed by atoms with E-state index >= 15 is 0 Å². The smallest absolute Gasteiger partial charge is 0.314 e. The van der Waals surface area contributed by atoms with E-state index in [1.54, 1.807) is 0 Å². The topological polar surface area (TPSA) is 102 Å². The van der Waals surface area contributed by atoms with Crippen LogP contribution in [0, 0.1) is 5.92 Å². The van der Waals surface area contributed by atoms with Gasteiger partial charge in [-0.05, 0) is 38.8 Å². The number of nitrogens with zero attached hydrogens (tertiary/aromatic N) is 1. The van der Waals surface area contributed by atoms with Gasteiger partial charge in [0.25, 0.3) is 0 Å². The molecular weight excluding hydrogens is 274 g/mol. The number of carboxylic acids is 1. The highest BCUT2D eigenvalue weighted by atomic mass is 16.4. The number of carbonyl (C=O) groups excluding carboxylic acids is 1. The van der Waals surface area contributed by atoms with E-state index in [0.717, 1.165) is 19.6 Å². The zero-order chi connectivity index (χ0) is 15.9. The number of rotatable bonds is 8. The van der Waals surface area contributed by atoms with Crippen LogP contribution in [0.25, 0.3) is 0 Å². The molecule has 0 spiro atoms. The first-order valence-corrected chi connectivity index (χ1v) is 7.47. The summed E-state index contributed by atoms with van der Waals surface area (Å²) in [6.07, 6.45) is 2.09. The Morgan fingerprint density at radius 2 is 1.90 bits per heavy atom. The van der Waals surface area contributed by atoms with Crippen LogP contribution in [0.15, 0.2) is 0 Å². The van der Waals surface area contributed by atoms with Gasteiger partial charge in [0, 0.05) is 19.6 Å². The summed E-state index contributed by atoms with van der Waals surface area (Å²) in [4.78, 5) is 24.6. The maximum atomic E-state index is 11.6. The van der Waals surface area contributed by atoms with E-state index in [0.29, 0.717) is 12.5 Å². The van der Waals surface area contributed by atoms with Gasteiger partial charge in [0.05, 0.1) is 12.0 Å². The van der Waals surface area contributed by atoms with E-state index in [1.807, 2.05) is 0 Å². The summed E-state index contributed by atoms with van der Waals surface area (Å²) in [5.41, 5.74) is -1.44. The quantitative estimate of drug-likeness (QED) is 0.514. The minimum absolute atomic E-state index is 0.0916. The predicted octanol–water partition coefficient (Wildman–Crippen LogP) is 0.243. The normalized spacial score (nSPS) is 19.8. The Labute approximate surface area is 125 Å². The lowest BCUT2D eigenvalue weighted by atomic mass is 10.0. The lowest BCUT2D eigenvalue weighted by Crippen LogP contribution is -2.47. The molecule has 122 valence electrons. The highest BCUT2D eigenvalue weighted by molar-refractivity contribution is 5.74. The Morgan fingerprint density at radius 3 is 2.48 bits per heavy atom. The van der Waals surface area contributed by atoms with Gasteiger partial charge in [0.15, 0.2) is 0 Å². The molecule has 2 unspecified atom stereocenters. The number of amides is 2. The standard InChI is InChI=1S/C14H27N3O4/c1-11(9-17-5-3-4-6-17)8-15-13(20)16-10-14(2,21)7-12(18)19/h11,21H,3-10H2,1-2H3,(H,18,19)(H2,15,16,20). The van der Waals surface area contributed by atoms with Gasteiger partial charge in [-0.2, -0.15) is 0 Å². The Bertz CT molecular complexity index is 354. The van der Waals surface area contributed by atoms with E-state index in [1.165, 1.54) is 19.8 Å². The van der Waals surface area contributed by atoms with Crippen molar-refractivity contribution in [1.29, 1.82) is 0 Å². The van der Waals surface area contributed by atoms with Gasteiger partial charge in [-0.15, -0.1) is 0 Å². The largest absolute Gasteiger partial charge is 0.481 e. The predicted molar refractivity (Wildman–Crippen MR) is 79.1 cm³/mol. The van der Waals surface area contributed by atoms with Crippen molar-refractivity contribution in [1.82, 2.24) is 15.5 Å². The van der Waals surface area contributed by atoms with E-state index in [-0.39, 0.29) is 12.6 Å². The Hall–Kier alpha value is -1.34. The third kappa shape index (κ3) is 7.87. The van der Waals surface area contributed by atoms with Crippen molar-refractivity contribution in [2.24, 2.45) is 5.92 Å². The number of aliphatic hydroxyl groups is 1. The number of urea groups is 1. The van der Waals surface area contributed by atoms with Crippen LogP contribution >= 0.6 is 0 Å². The first-order valence-electron chi connectivity index (χ1n) is 7.47. The van der Waals surface area contributed by atoms with E-state index < -0.39 is 18.0 Å². The van der Waals surface area contributed by atoms with E-state index in [4.69, 9.17) is 5.11 Å². The van der Waals surface area contributed by atoms with Crippen molar-refractivity contribution in [3.05, 3.63) is 0 Å². The van der Waals surface area contributed by atoms with Crippen molar-refractivity contribution in [3.63, 3.8) is 0 Å². The average molecular weight is 301 g/mol. The zero-order valence-electron chi connectivity index (χ0n) is 12.9. The molecule has 2 amide bonds. The fourth-order valence-corrected chi connectivity index (χ4v) is 2.46. The van der Waals surface area contributed by atoms with Crippen molar-refractivity contribution in [2.45, 2.75) is 38.7 Å². The molecule has 0 saturated carbocycles.